The van der Waals surface area contributed by atoms with E-state index in [-0.39, 0.29) is 24.4 Å². The number of ether oxygens (including phenoxy) is 2. The van der Waals surface area contributed by atoms with E-state index in [1.165, 1.54) is 0 Å². The Morgan fingerprint density at radius 1 is 1.45 bits per heavy atom. The second-order valence-electron chi connectivity index (χ2n) is 4.20. The maximum atomic E-state index is 11.9. The Hall–Kier alpha value is -2.61. The Bertz CT molecular complexity index is 598. The van der Waals surface area contributed by atoms with E-state index in [1.54, 1.807) is 31.2 Å². The molecule has 1 aromatic rings. The normalized spacial score (nSPS) is 18.2. The largest absolute Gasteiger partial charge is 0.465 e. The van der Waals surface area contributed by atoms with Gasteiger partial charge in [-0.15, -0.1) is 0 Å². The van der Waals surface area contributed by atoms with Crippen molar-refractivity contribution in [2.45, 2.75) is 13.3 Å². The van der Waals surface area contributed by atoms with Crippen LogP contribution in [0.2, 0.25) is 0 Å². The van der Waals surface area contributed by atoms with E-state index in [4.69, 9.17) is 9.47 Å². The van der Waals surface area contributed by atoms with Gasteiger partial charge in [-0.25, -0.2) is 0 Å². The predicted octanol–water partition coefficient (Wildman–Crippen LogP) is 2.05. The van der Waals surface area contributed by atoms with Crippen molar-refractivity contribution in [3.63, 3.8) is 0 Å². The molecule has 0 N–H and O–H groups in total. The summed E-state index contributed by atoms with van der Waals surface area (Å²) in [6, 6.07) is 10.7. The van der Waals surface area contributed by atoms with Crippen LogP contribution in [0.3, 0.4) is 0 Å². The van der Waals surface area contributed by atoms with Gasteiger partial charge < -0.3 is 9.47 Å². The minimum absolute atomic E-state index is 0.134. The SMILES string of the molecule is CCOC(=O)[C@@H]1CC(=O)OC(c2ccccc2)=C1C#N. The fourth-order valence-electron chi connectivity index (χ4n) is 2.01. The summed E-state index contributed by atoms with van der Waals surface area (Å²) in [4.78, 5) is 23.5. The molecule has 5 nitrogen and oxygen atoms in total. The van der Waals surface area contributed by atoms with Crippen LogP contribution in [-0.4, -0.2) is 18.5 Å². The van der Waals surface area contributed by atoms with Crippen molar-refractivity contribution in [2.24, 2.45) is 5.92 Å². The number of nitrogens with zero attached hydrogens (tertiary/aromatic N) is 1. The second kappa shape index (κ2) is 6.02. The summed E-state index contributed by atoms with van der Waals surface area (Å²) < 4.78 is 10.1. The predicted molar refractivity (Wildman–Crippen MR) is 69.8 cm³/mol. The van der Waals surface area contributed by atoms with E-state index in [0.717, 1.165) is 0 Å². The maximum Gasteiger partial charge on any atom is 0.314 e. The first-order chi connectivity index (χ1) is 9.67. The number of esters is 2. The molecule has 0 radical (unpaired) electrons. The molecule has 0 aliphatic carbocycles. The summed E-state index contributed by atoms with van der Waals surface area (Å²) in [6.07, 6.45) is -0.169. The van der Waals surface area contributed by atoms with E-state index in [2.05, 4.69) is 0 Å². The lowest BCUT2D eigenvalue weighted by Gasteiger charge is -2.22. The Labute approximate surface area is 116 Å². The van der Waals surface area contributed by atoms with E-state index in [9.17, 15) is 14.9 Å². The Morgan fingerprint density at radius 2 is 2.15 bits per heavy atom. The van der Waals surface area contributed by atoms with Gasteiger partial charge in [-0.2, -0.15) is 5.26 Å². The number of carbonyl (C=O) groups is 2. The summed E-state index contributed by atoms with van der Waals surface area (Å²) in [6.45, 7) is 1.87. The average Bonchev–Trinajstić information content (AvgIpc) is 2.47. The van der Waals surface area contributed by atoms with Gasteiger partial charge in [-0.05, 0) is 6.92 Å². The summed E-state index contributed by atoms with van der Waals surface area (Å²) in [5, 5.41) is 9.29. The van der Waals surface area contributed by atoms with Crippen molar-refractivity contribution < 1.29 is 19.1 Å². The first-order valence-electron chi connectivity index (χ1n) is 6.24. The minimum Gasteiger partial charge on any atom is -0.465 e. The van der Waals surface area contributed by atoms with Gasteiger partial charge in [0.05, 0.1) is 24.7 Å². The van der Waals surface area contributed by atoms with Crippen molar-refractivity contribution in [1.29, 1.82) is 5.26 Å². The van der Waals surface area contributed by atoms with E-state index < -0.39 is 17.9 Å². The Morgan fingerprint density at radius 3 is 2.75 bits per heavy atom. The minimum atomic E-state index is -0.892. The van der Waals surface area contributed by atoms with Crippen LogP contribution in [0.15, 0.2) is 35.9 Å². The third kappa shape index (κ3) is 2.69. The first kappa shape index (κ1) is 13.8. The molecule has 1 aromatic carbocycles. The van der Waals surface area contributed by atoms with Gasteiger partial charge in [0.2, 0.25) is 0 Å². The molecule has 102 valence electrons. The van der Waals surface area contributed by atoms with Gasteiger partial charge in [-0.1, -0.05) is 30.3 Å². The lowest BCUT2D eigenvalue weighted by Crippen LogP contribution is -2.28. The van der Waals surface area contributed by atoms with Gasteiger partial charge in [0.1, 0.15) is 5.92 Å². The molecule has 0 spiro atoms. The highest BCUT2D eigenvalue weighted by Crippen LogP contribution is 2.32. The summed E-state index contributed by atoms with van der Waals surface area (Å²) in [7, 11) is 0. The number of carbonyl (C=O) groups excluding carboxylic acids is 2. The van der Waals surface area contributed by atoms with Crippen LogP contribution < -0.4 is 0 Å². The lowest BCUT2D eigenvalue weighted by molar-refractivity contribution is -0.152. The van der Waals surface area contributed by atoms with Gasteiger partial charge in [-0.3, -0.25) is 9.59 Å². The van der Waals surface area contributed by atoms with Gasteiger partial charge >= 0.3 is 11.9 Å². The maximum absolute atomic E-state index is 11.9. The number of hydrogen-bond donors (Lipinski definition) is 0. The second-order valence-corrected chi connectivity index (χ2v) is 4.20. The molecule has 2 rings (SSSR count). The van der Waals surface area contributed by atoms with Gasteiger partial charge in [0.25, 0.3) is 0 Å². The molecule has 1 atom stereocenters. The molecule has 0 saturated carbocycles. The van der Waals surface area contributed by atoms with Crippen LogP contribution in [0.25, 0.3) is 5.76 Å². The van der Waals surface area contributed by atoms with Gasteiger partial charge in [0, 0.05) is 5.56 Å². The van der Waals surface area contributed by atoms with Crippen LogP contribution in [0.4, 0.5) is 0 Å². The third-order valence-electron chi connectivity index (χ3n) is 2.91. The van der Waals surface area contributed by atoms with E-state index in [1.807, 2.05) is 12.1 Å². The smallest absolute Gasteiger partial charge is 0.314 e. The highest BCUT2D eigenvalue weighted by Gasteiger charge is 2.36. The zero-order valence-corrected chi connectivity index (χ0v) is 11.0. The highest BCUT2D eigenvalue weighted by atomic mass is 16.5. The zero-order chi connectivity index (χ0) is 14.5. The van der Waals surface area contributed by atoms with Crippen molar-refractivity contribution >= 4 is 17.7 Å². The first-order valence-corrected chi connectivity index (χ1v) is 6.24. The van der Waals surface area contributed by atoms with Crippen LogP contribution in [-0.2, 0) is 19.1 Å². The Kier molecular flexibility index (Phi) is 4.16. The molecule has 0 fully saturated rings. The molecule has 20 heavy (non-hydrogen) atoms. The summed E-state index contributed by atoms with van der Waals surface area (Å²) >= 11 is 0. The summed E-state index contributed by atoms with van der Waals surface area (Å²) in [5.41, 5.74) is 0.723. The number of nitriles is 1. The van der Waals surface area contributed by atoms with Crippen molar-refractivity contribution in [3.05, 3.63) is 41.5 Å². The van der Waals surface area contributed by atoms with E-state index >= 15 is 0 Å². The standard InChI is InChI=1S/C15H13NO4/c1-2-19-15(18)11-8-13(17)20-14(12(11)9-16)10-6-4-3-5-7-10/h3-7,11H,2,8H2,1H3/t11-/m1/s1. The lowest BCUT2D eigenvalue weighted by atomic mass is 9.91. The van der Waals surface area contributed by atoms with Crippen LogP contribution in [0.1, 0.15) is 18.9 Å². The molecule has 0 aromatic heterocycles. The molecule has 0 bridgehead atoms. The molecule has 5 heteroatoms. The topological polar surface area (TPSA) is 76.4 Å². The van der Waals surface area contributed by atoms with E-state index in [0.29, 0.717) is 5.56 Å². The molecule has 1 aliphatic rings. The fraction of sp³-hybridized carbons (Fsp3) is 0.267. The van der Waals surface area contributed by atoms with Crippen LogP contribution in [0, 0.1) is 17.2 Å². The van der Waals surface area contributed by atoms with Crippen LogP contribution >= 0.6 is 0 Å². The quantitative estimate of drug-likeness (QED) is 0.786. The van der Waals surface area contributed by atoms with Crippen molar-refractivity contribution in [1.82, 2.24) is 0 Å². The molecular formula is C15H13NO4. The monoisotopic (exact) mass is 271 g/mol. The third-order valence-corrected chi connectivity index (χ3v) is 2.91. The van der Waals surface area contributed by atoms with Gasteiger partial charge in [0.15, 0.2) is 5.76 Å². The number of cyclic esters (lactones) is 1. The molecule has 1 aliphatic heterocycles. The average molecular weight is 271 g/mol. The molecule has 0 saturated heterocycles. The van der Waals surface area contributed by atoms with Crippen molar-refractivity contribution in [2.75, 3.05) is 6.61 Å². The number of hydrogen-bond acceptors (Lipinski definition) is 5. The molecule has 0 unspecified atom stereocenters. The highest BCUT2D eigenvalue weighted by molar-refractivity contribution is 5.92. The molecular weight excluding hydrogens is 258 g/mol. The fourth-order valence-corrected chi connectivity index (χ4v) is 2.01. The number of rotatable bonds is 3. The van der Waals surface area contributed by atoms with Crippen LogP contribution in [0.5, 0.6) is 0 Å². The molecule has 0 amide bonds. The number of benzene rings is 1. The van der Waals surface area contributed by atoms with Crippen molar-refractivity contribution in [3.8, 4) is 6.07 Å². The zero-order valence-electron chi connectivity index (χ0n) is 11.0. The molecule has 1 heterocycles. The summed E-state index contributed by atoms with van der Waals surface area (Å²) in [5.74, 6) is -1.87. The Balaban J connectivity index is 2.47.